The standard InChI is InChI=1S/C18H20BrF/c1-12-11-14(7-10-16(12)20)17(19)13-5-8-15(9-6-13)18(2,3)4/h5-11,17H,1-4H3. The lowest BCUT2D eigenvalue weighted by Crippen LogP contribution is -2.10. The fourth-order valence-electron chi connectivity index (χ4n) is 2.17. The molecular formula is C18H20BrF. The van der Waals surface area contributed by atoms with Gasteiger partial charge in [0, 0.05) is 0 Å². The molecule has 0 aliphatic heterocycles. The first-order chi connectivity index (χ1) is 9.29. The lowest BCUT2D eigenvalue weighted by Gasteiger charge is -2.20. The summed E-state index contributed by atoms with van der Waals surface area (Å²) in [6, 6.07) is 13.9. The van der Waals surface area contributed by atoms with Crippen molar-refractivity contribution in [3.05, 3.63) is 70.5 Å². The van der Waals surface area contributed by atoms with Crippen molar-refractivity contribution in [3.8, 4) is 0 Å². The van der Waals surface area contributed by atoms with E-state index in [-0.39, 0.29) is 16.1 Å². The summed E-state index contributed by atoms with van der Waals surface area (Å²) in [6.45, 7) is 8.41. The van der Waals surface area contributed by atoms with E-state index in [1.54, 1.807) is 6.92 Å². The van der Waals surface area contributed by atoms with Gasteiger partial charge < -0.3 is 0 Å². The zero-order chi connectivity index (χ0) is 14.9. The van der Waals surface area contributed by atoms with E-state index in [1.807, 2.05) is 12.1 Å². The number of hydrogen-bond donors (Lipinski definition) is 0. The summed E-state index contributed by atoms with van der Waals surface area (Å²) >= 11 is 3.71. The second-order valence-corrected chi connectivity index (χ2v) is 7.16. The molecule has 20 heavy (non-hydrogen) atoms. The zero-order valence-electron chi connectivity index (χ0n) is 12.4. The second-order valence-electron chi connectivity index (χ2n) is 6.24. The molecular weight excluding hydrogens is 315 g/mol. The monoisotopic (exact) mass is 334 g/mol. The van der Waals surface area contributed by atoms with Crippen LogP contribution in [0, 0.1) is 12.7 Å². The van der Waals surface area contributed by atoms with E-state index in [0.717, 1.165) is 5.56 Å². The minimum absolute atomic E-state index is 0.0934. The molecule has 0 saturated carbocycles. The van der Waals surface area contributed by atoms with Gasteiger partial charge >= 0.3 is 0 Å². The Labute approximate surface area is 129 Å². The third kappa shape index (κ3) is 3.29. The van der Waals surface area contributed by atoms with Crippen LogP contribution < -0.4 is 0 Å². The van der Waals surface area contributed by atoms with Crippen LogP contribution in [0.5, 0.6) is 0 Å². The van der Waals surface area contributed by atoms with Crippen molar-refractivity contribution in [2.24, 2.45) is 0 Å². The highest BCUT2D eigenvalue weighted by Crippen LogP contribution is 2.33. The second kappa shape index (κ2) is 5.69. The molecule has 0 spiro atoms. The zero-order valence-corrected chi connectivity index (χ0v) is 14.0. The lowest BCUT2D eigenvalue weighted by molar-refractivity contribution is 0.590. The molecule has 0 amide bonds. The van der Waals surface area contributed by atoms with Gasteiger partial charge in [-0.25, -0.2) is 4.39 Å². The first-order valence-corrected chi connectivity index (χ1v) is 7.71. The van der Waals surface area contributed by atoms with Crippen LogP contribution in [0.25, 0.3) is 0 Å². The van der Waals surface area contributed by atoms with E-state index in [2.05, 4.69) is 61.0 Å². The molecule has 0 aliphatic rings. The van der Waals surface area contributed by atoms with Crippen LogP contribution in [0.1, 0.15) is 47.9 Å². The summed E-state index contributed by atoms with van der Waals surface area (Å²) in [5.74, 6) is -0.156. The number of halogens is 2. The van der Waals surface area contributed by atoms with E-state index in [0.29, 0.717) is 5.56 Å². The third-order valence-electron chi connectivity index (χ3n) is 3.54. The third-order valence-corrected chi connectivity index (χ3v) is 4.60. The lowest BCUT2D eigenvalue weighted by atomic mass is 9.86. The molecule has 0 aliphatic carbocycles. The molecule has 0 fully saturated rings. The van der Waals surface area contributed by atoms with Crippen LogP contribution in [0.15, 0.2) is 42.5 Å². The minimum Gasteiger partial charge on any atom is -0.207 e. The topological polar surface area (TPSA) is 0 Å². The van der Waals surface area contributed by atoms with Gasteiger partial charge in [-0.05, 0) is 40.7 Å². The van der Waals surface area contributed by atoms with Crippen molar-refractivity contribution in [2.75, 3.05) is 0 Å². The summed E-state index contributed by atoms with van der Waals surface area (Å²) in [4.78, 5) is 0.0934. The number of benzene rings is 2. The first-order valence-electron chi connectivity index (χ1n) is 6.79. The molecule has 2 heteroatoms. The van der Waals surface area contributed by atoms with Gasteiger partial charge in [0.1, 0.15) is 5.82 Å². The molecule has 1 atom stereocenters. The average Bonchev–Trinajstić information content (AvgIpc) is 2.40. The Balaban J connectivity index is 2.29. The van der Waals surface area contributed by atoms with Crippen LogP contribution in [-0.4, -0.2) is 0 Å². The quantitative estimate of drug-likeness (QED) is 0.598. The van der Waals surface area contributed by atoms with Gasteiger partial charge in [-0.1, -0.05) is 73.1 Å². The fourth-order valence-corrected chi connectivity index (χ4v) is 2.76. The highest BCUT2D eigenvalue weighted by molar-refractivity contribution is 9.09. The average molecular weight is 335 g/mol. The van der Waals surface area contributed by atoms with Crippen molar-refractivity contribution in [1.82, 2.24) is 0 Å². The van der Waals surface area contributed by atoms with E-state index in [1.165, 1.54) is 17.2 Å². The summed E-state index contributed by atoms with van der Waals surface area (Å²) in [7, 11) is 0. The minimum atomic E-state index is -0.156. The predicted molar refractivity (Wildman–Crippen MR) is 87.0 cm³/mol. The molecule has 0 radical (unpaired) electrons. The molecule has 0 saturated heterocycles. The number of alkyl halides is 1. The molecule has 106 valence electrons. The number of hydrogen-bond acceptors (Lipinski definition) is 0. The molecule has 0 nitrogen and oxygen atoms in total. The maximum atomic E-state index is 13.3. The molecule has 2 rings (SSSR count). The molecule has 2 aromatic rings. The summed E-state index contributed by atoms with van der Waals surface area (Å²) < 4.78 is 13.3. The highest BCUT2D eigenvalue weighted by Gasteiger charge is 2.15. The van der Waals surface area contributed by atoms with Crippen LogP contribution in [-0.2, 0) is 5.41 Å². The van der Waals surface area contributed by atoms with Gasteiger partial charge in [0.2, 0.25) is 0 Å². The van der Waals surface area contributed by atoms with Crippen LogP contribution in [0.4, 0.5) is 4.39 Å². The smallest absolute Gasteiger partial charge is 0.126 e. The van der Waals surface area contributed by atoms with Crippen molar-refractivity contribution in [3.63, 3.8) is 0 Å². The van der Waals surface area contributed by atoms with E-state index >= 15 is 0 Å². The van der Waals surface area contributed by atoms with Gasteiger partial charge in [0.25, 0.3) is 0 Å². The summed E-state index contributed by atoms with van der Waals surface area (Å²) in [5, 5.41) is 0. The highest BCUT2D eigenvalue weighted by atomic mass is 79.9. The molecule has 0 aromatic heterocycles. The normalized spacial score (nSPS) is 13.3. The van der Waals surface area contributed by atoms with E-state index in [4.69, 9.17) is 0 Å². The summed E-state index contributed by atoms with van der Waals surface area (Å²) in [5.41, 5.74) is 4.42. The molecule has 2 aromatic carbocycles. The van der Waals surface area contributed by atoms with Crippen LogP contribution in [0.3, 0.4) is 0 Å². The van der Waals surface area contributed by atoms with Gasteiger partial charge in [0.15, 0.2) is 0 Å². The Hall–Kier alpha value is -1.15. The van der Waals surface area contributed by atoms with Gasteiger partial charge in [-0.2, -0.15) is 0 Å². The van der Waals surface area contributed by atoms with Crippen molar-refractivity contribution < 1.29 is 4.39 Å². The van der Waals surface area contributed by atoms with Gasteiger partial charge in [-0.3, -0.25) is 0 Å². The maximum absolute atomic E-state index is 13.3. The Kier molecular flexibility index (Phi) is 4.33. The van der Waals surface area contributed by atoms with E-state index < -0.39 is 0 Å². The molecule has 0 bridgehead atoms. The first kappa shape index (κ1) is 15.2. The Morgan fingerprint density at radius 2 is 1.50 bits per heavy atom. The van der Waals surface area contributed by atoms with Crippen LogP contribution >= 0.6 is 15.9 Å². The molecule has 1 unspecified atom stereocenters. The Morgan fingerprint density at radius 3 is 2.00 bits per heavy atom. The Bertz CT molecular complexity index is 594. The van der Waals surface area contributed by atoms with Gasteiger partial charge in [0.05, 0.1) is 4.83 Å². The van der Waals surface area contributed by atoms with Crippen molar-refractivity contribution in [2.45, 2.75) is 37.9 Å². The molecule has 0 N–H and O–H groups in total. The number of aryl methyl sites for hydroxylation is 1. The largest absolute Gasteiger partial charge is 0.207 e. The SMILES string of the molecule is Cc1cc(C(Br)c2ccc(C(C)(C)C)cc2)ccc1F. The van der Waals surface area contributed by atoms with Crippen molar-refractivity contribution >= 4 is 15.9 Å². The predicted octanol–water partition coefficient (Wildman–Crippen LogP) is 5.92. The van der Waals surface area contributed by atoms with E-state index in [9.17, 15) is 4.39 Å². The maximum Gasteiger partial charge on any atom is 0.126 e. The van der Waals surface area contributed by atoms with Crippen LogP contribution in [0.2, 0.25) is 0 Å². The molecule has 0 heterocycles. The van der Waals surface area contributed by atoms with Gasteiger partial charge in [-0.15, -0.1) is 0 Å². The summed E-state index contributed by atoms with van der Waals surface area (Å²) in [6.07, 6.45) is 0. The fraction of sp³-hybridized carbons (Fsp3) is 0.333. The van der Waals surface area contributed by atoms with Crippen molar-refractivity contribution in [1.29, 1.82) is 0 Å². The Morgan fingerprint density at radius 1 is 0.950 bits per heavy atom. The number of rotatable bonds is 2.